The zero-order valence-corrected chi connectivity index (χ0v) is 8.22. The van der Waals surface area contributed by atoms with Gasteiger partial charge < -0.3 is 5.32 Å². The van der Waals surface area contributed by atoms with E-state index in [0.717, 1.165) is 12.1 Å². The molecule has 0 saturated carbocycles. The van der Waals surface area contributed by atoms with Crippen molar-refractivity contribution in [2.75, 3.05) is 7.05 Å². The highest BCUT2D eigenvalue weighted by atomic mass is 19.1. The van der Waals surface area contributed by atoms with Gasteiger partial charge in [0, 0.05) is 11.6 Å². The van der Waals surface area contributed by atoms with Gasteiger partial charge in [0.1, 0.15) is 11.6 Å². The Kier molecular flexibility index (Phi) is 3.77. The van der Waals surface area contributed by atoms with E-state index in [-0.39, 0.29) is 11.6 Å². The van der Waals surface area contributed by atoms with Crippen molar-refractivity contribution in [3.63, 3.8) is 0 Å². The van der Waals surface area contributed by atoms with Gasteiger partial charge in [0.05, 0.1) is 0 Å². The van der Waals surface area contributed by atoms with Crippen LogP contribution >= 0.6 is 0 Å². The van der Waals surface area contributed by atoms with Crippen LogP contribution in [0.4, 0.5) is 8.78 Å². The van der Waals surface area contributed by atoms with Crippen LogP contribution in [0.1, 0.15) is 12.5 Å². The number of nitrogens with one attached hydrogen (secondary N) is 1. The summed E-state index contributed by atoms with van der Waals surface area (Å²) in [4.78, 5) is 0. The average Bonchev–Trinajstić information content (AvgIpc) is 2.19. The van der Waals surface area contributed by atoms with Gasteiger partial charge >= 0.3 is 0 Å². The van der Waals surface area contributed by atoms with Crippen LogP contribution in [0.25, 0.3) is 6.08 Å². The highest BCUT2D eigenvalue weighted by Crippen LogP contribution is 2.11. The quantitative estimate of drug-likeness (QED) is 0.785. The summed E-state index contributed by atoms with van der Waals surface area (Å²) in [6, 6.07) is 3.54. The molecule has 0 bridgehead atoms. The monoisotopic (exact) mass is 197 g/mol. The molecule has 1 aromatic carbocycles. The topological polar surface area (TPSA) is 12.0 Å². The molecule has 0 aliphatic heterocycles. The molecule has 3 heteroatoms. The molecular weight excluding hydrogens is 184 g/mol. The normalized spacial score (nSPS) is 13.4. The first-order chi connectivity index (χ1) is 6.63. The molecule has 0 aliphatic rings. The molecule has 1 nitrogen and oxygen atoms in total. The molecule has 0 fully saturated rings. The van der Waals surface area contributed by atoms with Crippen LogP contribution in [0.5, 0.6) is 0 Å². The fourth-order valence-electron chi connectivity index (χ4n) is 0.987. The van der Waals surface area contributed by atoms with E-state index in [1.807, 2.05) is 6.92 Å². The van der Waals surface area contributed by atoms with Gasteiger partial charge in [-0.3, -0.25) is 0 Å². The first kappa shape index (κ1) is 10.9. The van der Waals surface area contributed by atoms with Crippen LogP contribution in [0.15, 0.2) is 24.3 Å². The van der Waals surface area contributed by atoms with Gasteiger partial charge in [-0.2, -0.15) is 0 Å². The summed E-state index contributed by atoms with van der Waals surface area (Å²) < 4.78 is 25.8. The fourth-order valence-corrected chi connectivity index (χ4v) is 0.987. The lowest BCUT2D eigenvalue weighted by molar-refractivity contribution is 0.597. The molecule has 0 spiro atoms. The second kappa shape index (κ2) is 4.86. The highest BCUT2D eigenvalue weighted by Gasteiger charge is 2.00. The van der Waals surface area contributed by atoms with Crippen LogP contribution in [0.3, 0.4) is 0 Å². The maximum Gasteiger partial charge on any atom is 0.130 e. The number of benzene rings is 1. The van der Waals surface area contributed by atoms with E-state index in [0.29, 0.717) is 0 Å². The molecule has 1 N–H and O–H groups in total. The van der Waals surface area contributed by atoms with E-state index in [9.17, 15) is 8.78 Å². The summed E-state index contributed by atoms with van der Waals surface area (Å²) in [5.41, 5.74) is 0.270. The van der Waals surface area contributed by atoms with Gasteiger partial charge in [0.15, 0.2) is 0 Å². The maximum absolute atomic E-state index is 13.1. The summed E-state index contributed by atoms with van der Waals surface area (Å²) in [5, 5.41) is 2.97. The molecule has 1 aromatic rings. The van der Waals surface area contributed by atoms with Gasteiger partial charge in [0.2, 0.25) is 0 Å². The van der Waals surface area contributed by atoms with E-state index in [4.69, 9.17) is 0 Å². The third-order valence-electron chi connectivity index (χ3n) is 1.98. The lowest BCUT2D eigenvalue weighted by Gasteiger charge is -2.02. The van der Waals surface area contributed by atoms with Crippen molar-refractivity contribution in [2.45, 2.75) is 13.0 Å². The van der Waals surface area contributed by atoms with Gasteiger partial charge in [-0.1, -0.05) is 12.2 Å². The standard InChI is InChI=1S/C11H13F2N/c1-8(14-2)3-4-9-7-10(12)5-6-11(9)13/h3-8,14H,1-2H3/b4-3+. The fraction of sp³-hybridized carbons (Fsp3) is 0.273. The van der Waals surface area contributed by atoms with E-state index in [2.05, 4.69) is 5.32 Å². The Morgan fingerprint density at radius 3 is 2.71 bits per heavy atom. The third-order valence-corrected chi connectivity index (χ3v) is 1.98. The molecule has 0 amide bonds. The van der Waals surface area contributed by atoms with Crippen molar-refractivity contribution >= 4 is 6.08 Å². The largest absolute Gasteiger partial charge is 0.314 e. The Hall–Kier alpha value is -1.22. The first-order valence-electron chi connectivity index (χ1n) is 4.44. The van der Waals surface area contributed by atoms with Crippen molar-refractivity contribution in [3.8, 4) is 0 Å². The predicted molar refractivity (Wildman–Crippen MR) is 53.9 cm³/mol. The summed E-state index contributed by atoms with van der Waals surface area (Å²) >= 11 is 0. The summed E-state index contributed by atoms with van der Waals surface area (Å²) in [5.74, 6) is -0.839. The van der Waals surface area contributed by atoms with E-state index in [1.54, 1.807) is 19.2 Å². The molecule has 1 unspecified atom stereocenters. The maximum atomic E-state index is 13.1. The van der Waals surface area contributed by atoms with Crippen molar-refractivity contribution in [2.24, 2.45) is 0 Å². The summed E-state index contributed by atoms with van der Waals surface area (Å²) in [6.07, 6.45) is 3.34. The second-order valence-corrected chi connectivity index (χ2v) is 3.10. The molecular formula is C11H13F2N. The minimum atomic E-state index is -0.428. The Balaban J connectivity index is 2.85. The van der Waals surface area contributed by atoms with Crippen LogP contribution in [0.2, 0.25) is 0 Å². The molecule has 1 atom stereocenters. The molecule has 0 radical (unpaired) electrons. The zero-order chi connectivity index (χ0) is 10.6. The highest BCUT2D eigenvalue weighted by molar-refractivity contribution is 5.50. The van der Waals surface area contributed by atoms with Crippen molar-refractivity contribution in [1.82, 2.24) is 5.32 Å². The second-order valence-electron chi connectivity index (χ2n) is 3.10. The van der Waals surface area contributed by atoms with Crippen LogP contribution in [-0.4, -0.2) is 13.1 Å². The van der Waals surface area contributed by atoms with Gasteiger partial charge in [-0.25, -0.2) is 8.78 Å². The lowest BCUT2D eigenvalue weighted by Crippen LogP contribution is -2.17. The molecule has 0 saturated heterocycles. The number of rotatable bonds is 3. The Morgan fingerprint density at radius 2 is 2.07 bits per heavy atom. The van der Waals surface area contributed by atoms with Crippen LogP contribution in [-0.2, 0) is 0 Å². The zero-order valence-electron chi connectivity index (χ0n) is 8.22. The number of hydrogen-bond acceptors (Lipinski definition) is 1. The lowest BCUT2D eigenvalue weighted by atomic mass is 10.1. The van der Waals surface area contributed by atoms with Gasteiger partial charge in [-0.15, -0.1) is 0 Å². The summed E-state index contributed by atoms with van der Waals surface area (Å²) in [7, 11) is 1.80. The number of likely N-dealkylation sites (N-methyl/N-ethyl adjacent to an activating group) is 1. The molecule has 76 valence electrons. The molecule has 0 aliphatic carbocycles. The first-order valence-corrected chi connectivity index (χ1v) is 4.44. The van der Waals surface area contributed by atoms with E-state index in [1.165, 1.54) is 6.07 Å². The number of hydrogen-bond donors (Lipinski definition) is 1. The van der Waals surface area contributed by atoms with Crippen LogP contribution in [0, 0.1) is 11.6 Å². The van der Waals surface area contributed by atoms with Gasteiger partial charge in [0.25, 0.3) is 0 Å². The Morgan fingerprint density at radius 1 is 1.36 bits per heavy atom. The molecule has 14 heavy (non-hydrogen) atoms. The Labute approximate surface area is 82.4 Å². The SMILES string of the molecule is CNC(C)/C=C/c1cc(F)ccc1F. The number of halogens is 2. The van der Waals surface area contributed by atoms with E-state index < -0.39 is 11.6 Å². The average molecular weight is 197 g/mol. The molecule has 0 heterocycles. The van der Waals surface area contributed by atoms with Crippen molar-refractivity contribution in [3.05, 3.63) is 41.5 Å². The predicted octanol–water partition coefficient (Wildman–Crippen LogP) is 2.59. The smallest absolute Gasteiger partial charge is 0.130 e. The minimum absolute atomic E-state index is 0.137. The van der Waals surface area contributed by atoms with E-state index >= 15 is 0 Å². The van der Waals surface area contributed by atoms with Crippen LogP contribution < -0.4 is 5.32 Å². The third kappa shape index (κ3) is 2.92. The van der Waals surface area contributed by atoms with Crippen molar-refractivity contribution < 1.29 is 8.78 Å². The summed E-state index contributed by atoms with van der Waals surface area (Å²) in [6.45, 7) is 1.92. The Bertz CT molecular complexity index is 334. The van der Waals surface area contributed by atoms with Gasteiger partial charge in [-0.05, 0) is 32.2 Å². The molecule has 0 aromatic heterocycles. The van der Waals surface area contributed by atoms with Crippen molar-refractivity contribution in [1.29, 1.82) is 0 Å². The minimum Gasteiger partial charge on any atom is -0.314 e. The molecule has 1 rings (SSSR count).